The first-order valence-corrected chi connectivity index (χ1v) is 7.60. The molecule has 0 saturated heterocycles. The standard InChI is InChI=1S/C12H20N2O3S/c1-9(6-13)7-18(15,16)8-11-5-12(17-3)4-10(2)14-11/h4-5,9H,6-8,13H2,1-3H3. The second-order valence-corrected chi connectivity index (χ2v) is 6.64. The number of ether oxygens (including phenoxy) is 1. The molecule has 0 saturated carbocycles. The lowest BCUT2D eigenvalue weighted by atomic mass is 10.2. The number of aryl methyl sites for hydroxylation is 1. The summed E-state index contributed by atoms with van der Waals surface area (Å²) in [6.45, 7) is 3.99. The summed E-state index contributed by atoms with van der Waals surface area (Å²) >= 11 is 0. The van der Waals surface area contributed by atoms with Gasteiger partial charge in [-0.2, -0.15) is 0 Å². The van der Waals surface area contributed by atoms with Crippen molar-refractivity contribution in [1.82, 2.24) is 4.98 Å². The van der Waals surface area contributed by atoms with Crippen LogP contribution in [0.2, 0.25) is 0 Å². The molecule has 0 aliphatic carbocycles. The fourth-order valence-electron chi connectivity index (χ4n) is 1.68. The van der Waals surface area contributed by atoms with Crippen molar-refractivity contribution >= 4 is 9.84 Å². The Hall–Kier alpha value is -1.14. The Labute approximate surface area is 108 Å². The normalized spacial score (nSPS) is 13.3. The van der Waals surface area contributed by atoms with Gasteiger partial charge in [0.25, 0.3) is 0 Å². The molecule has 6 heteroatoms. The molecule has 0 bridgehead atoms. The molecule has 1 rings (SSSR count). The van der Waals surface area contributed by atoms with Crippen molar-refractivity contribution in [3.63, 3.8) is 0 Å². The lowest BCUT2D eigenvalue weighted by Crippen LogP contribution is -2.22. The van der Waals surface area contributed by atoms with E-state index in [2.05, 4.69) is 4.98 Å². The maximum Gasteiger partial charge on any atom is 0.156 e. The number of nitrogens with two attached hydrogens (primary N) is 1. The van der Waals surface area contributed by atoms with E-state index < -0.39 is 9.84 Å². The minimum atomic E-state index is -3.19. The maximum absolute atomic E-state index is 11.9. The van der Waals surface area contributed by atoms with E-state index in [0.29, 0.717) is 18.0 Å². The Morgan fingerprint density at radius 1 is 1.44 bits per heavy atom. The monoisotopic (exact) mass is 272 g/mol. The van der Waals surface area contributed by atoms with Crippen molar-refractivity contribution in [2.75, 3.05) is 19.4 Å². The molecule has 0 fully saturated rings. The highest BCUT2D eigenvalue weighted by molar-refractivity contribution is 7.90. The molecule has 18 heavy (non-hydrogen) atoms. The smallest absolute Gasteiger partial charge is 0.156 e. The van der Waals surface area contributed by atoms with E-state index in [1.165, 1.54) is 0 Å². The van der Waals surface area contributed by atoms with Crippen molar-refractivity contribution in [2.45, 2.75) is 19.6 Å². The highest BCUT2D eigenvalue weighted by Gasteiger charge is 2.17. The first-order chi connectivity index (χ1) is 8.36. The minimum absolute atomic E-state index is 0.0401. The predicted molar refractivity (Wildman–Crippen MR) is 71.2 cm³/mol. The molecular formula is C12H20N2O3S. The Balaban J connectivity index is 2.87. The number of hydrogen-bond donors (Lipinski definition) is 1. The van der Waals surface area contributed by atoms with Crippen LogP contribution in [-0.4, -0.2) is 32.8 Å². The number of rotatable bonds is 6. The molecule has 102 valence electrons. The average Bonchev–Trinajstić information content (AvgIpc) is 2.26. The van der Waals surface area contributed by atoms with E-state index in [1.54, 1.807) is 26.2 Å². The van der Waals surface area contributed by atoms with Crippen LogP contribution in [0.4, 0.5) is 0 Å². The van der Waals surface area contributed by atoms with Crippen molar-refractivity contribution < 1.29 is 13.2 Å². The van der Waals surface area contributed by atoms with Gasteiger partial charge in [0.05, 0.1) is 24.3 Å². The lowest BCUT2D eigenvalue weighted by molar-refractivity contribution is 0.413. The highest BCUT2D eigenvalue weighted by Crippen LogP contribution is 2.16. The highest BCUT2D eigenvalue weighted by atomic mass is 32.2. The summed E-state index contributed by atoms with van der Waals surface area (Å²) in [5.41, 5.74) is 6.69. The van der Waals surface area contributed by atoms with Crippen LogP contribution in [-0.2, 0) is 15.6 Å². The quantitative estimate of drug-likeness (QED) is 0.832. The van der Waals surface area contributed by atoms with Crippen LogP contribution in [0.15, 0.2) is 12.1 Å². The van der Waals surface area contributed by atoms with E-state index >= 15 is 0 Å². The Kier molecular flexibility index (Phi) is 5.10. The molecule has 5 nitrogen and oxygen atoms in total. The molecule has 1 unspecified atom stereocenters. The van der Waals surface area contributed by atoms with Gasteiger partial charge in [-0.25, -0.2) is 8.42 Å². The van der Waals surface area contributed by atoms with Crippen molar-refractivity contribution in [2.24, 2.45) is 11.7 Å². The van der Waals surface area contributed by atoms with Crippen molar-refractivity contribution in [3.05, 3.63) is 23.5 Å². The van der Waals surface area contributed by atoms with Gasteiger partial charge in [-0.05, 0) is 19.4 Å². The number of pyridine rings is 1. The lowest BCUT2D eigenvalue weighted by Gasteiger charge is -2.10. The topological polar surface area (TPSA) is 82.3 Å². The third-order valence-corrected chi connectivity index (χ3v) is 4.34. The van der Waals surface area contributed by atoms with E-state index in [9.17, 15) is 8.42 Å². The van der Waals surface area contributed by atoms with Crippen LogP contribution in [0.1, 0.15) is 18.3 Å². The van der Waals surface area contributed by atoms with Crippen LogP contribution in [0.3, 0.4) is 0 Å². The molecule has 0 spiro atoms. The fourth-order valence-corrected chi connectivity index (χ4v) is 3.40. The molecule has 0 aromatic carbocycles. The third kappa shape index (κ3) is 4.62. The summed E-state index contributed by atoms with van der Waals surface area (Å²) in [6.07, 6.45) is 0. The van der Waals surface area contributed by atoms with Gasteiger partial charge in [0.1, 0.15) is 5.75 Å². The summed E-state index contributed by atoms with van der Waals surface area (Å²) < 4.78 is 29.0. The van der Waals surface area contributed by atoms with Crippen LogP contribution in [0, 0.1) is 12.8 Å². The maximum atomic E-state index is 11.9. The van der Waals surface area contributed by atoms with Gasteiger partial charge in [0.15, 0.2) is 9.84 Å². The second kappa shape index (κ2) is 6.15. The predicted octanol–water partition coefficient (Wildman–Crippen LogP) is 0.908. The largest absolute Gasteiger partial charge is 0.497 e. The van der Waals surface area contributed by atoms with Gasteiger partial charge in [-0.1, -0.05) is 6.92 Å². The summed E-state index contributed by atoms with van der Waals surface area (Å²) in [7, 11) is -1.64. The van der Waals surface area contributed by atoms with Crippen molar-refractivity contribution in [1.29, 1.82) is 0 Å². The van der Waals surface area contributed by atoms with Gasteiger partial charge in [0.2, 0.25) is 0 Å². The fraction of sp³-hybridized carbons (Fsp3) is 0.583. The van der Waals surface area contributed by atoms with Gasteiger partial charge < -0.3 is 10.5 Å². The van der Waals surface area contributed by atoms with E-state index in [0.717, 1.165) is 5.69 Å². The van der Waals surface area contributed by atoms with Crippen molar-refractivity contribution in [3.8, 4) is 5.75 Å². The molecule has 1 atom stereocenters. The van der Waals surface area contributed by atoms with E-state index in [-0.39, 0.29) is 17.4 Å². The first kappa shape index (κ1) is 14.9. The molecule has 2 N–H and O–H groups in total. The van der Waals surface area contributed by atoms with Gasteiger partial charge in [-0.15, -0.1) is 0 Å². The summed E-state index contributed by atoms with van der Waals surface area (Å²) in [5.74, 6) is 0.595. The zero-order valence-corrected chi connectivity index (χ0v) is 11.8. The number of methoxy groups -OCH3 is 1. The number of nitrogens with zero attached hydrogens (tertiary/aromatic N) is 1. The van der Waals surface area contributed by atoms with Crippen LogP contribution in [0.25, 0.3) is 0 Å². The molecular weight excluding hydrogens is 252 g/mol. The Bertz CT molecular complexity index is 500. The zero-order valence-electron chi connectivity index (χ0n) is 11.0. The Morgan fingerprint density at radius 2 is 2.11 bits per heavy atom. The second-order valence-electron chi connectivity index (χ2n) is 4.54. The molecule has 1 heterocycles. The summed E-state index contributed by atoms with van der Waals surface area (Å²) in [5, 5.41) is 0. The average molecular weight is 272 g/mol. The number of hydrogen-bond acceptors (Lipinski definition) is 5. The van der Waals surface area contributed by atoms with Crippen LogP contribution < -0.4 is 10.5 Å². The minimum Gasteiger partial charge on any atom is -0.497 e. The number of aromatic nitrogens is 1. The van der Waals surface area contributed by atoms with E-state index in [4.69, 9.17) is 10.5 Å². The van der Waals surface area contributed by atoms with Crippen LogP contribution >= 0.6 is 0 Å². The third-order valence-electron chi connectivity index (χ3n) is 2.52. The zero-order chi connectivity index (χ0) is 13.8. The Morgan fingerprint density at radius 3 is 2.67 bits per heavy atom. The van der Waals surface area contributed by atoms with E-state index in [1.807, 2.05) is 6.92 Å². The molecule has 0 radical (unpaired) electrons. The molecule has 0 aliphatic heterocycles. The molecule has 0 aliphatic rings. The summed E-state index contributed by atoms with van der Waals surface area (Å²) in [4.78, 5) is 4.21. The number of sulfone groups is 1. The van der Waals surface area contributed by atoms with Gasteiger partial charge >= 0.3 is 0 Å². The van der Waals surface area contributed by atoms with Gasteiger partial charge in [0, 0.05) is 17.8 Å². The molecule has 1 aromatic heterocycles. The SMILES string of the molecule is COc1cc(C)nc(CS(=O)(=O)CC(C)CN)c1. The molecule has 0 amide bonds. The molecule has 1 aromatic rings. The van der Waals surface area contributed by atoms with Crippen LogP contribution in [0.5, 0.6) is 5.75 Å². The van der Waals surface area contributed by atoms with Gasteiger partial charge in [-0.3, -0.25) is 4.98 Å². The summed E-state index contributed by atoms with van der Waals surface area (Å²) in [6, 6.07) is 3.41. The first-order valence-electron chi connectivity index (χ1n) is 5.78.